The van der Waals surface area contributed by atoms with Crippen LogP contribution >= 0.6 is 11.6 Å². The standard InChI is InChI=1S/C12H18ClN3/c1-11-10-14-4-2-12(11)16-8-6-15(5-3-13)7-9-16/h2,4,10H,3,5-9H2,1H3. The molecule has 0 unspecified atom stereocenters. The molecule has 16 heavy (non-hydrogen) atoms. The number of hydrogen-bond acceptors (Lipinski definition) is 3. The summed E-state index contributed by atoms with van der Waals surface area (Å²) in [5, 5.41) is 0. The zero-order valence-corrected chi connectivity index (χ0v) is 10.5. The van der Waals surface area contributed by atoms with E-state index in [1.54, 1.807) is 0 Å². The molecule has 0 aromatic carbocycles. The molecule has 1 saturated heterocycles. The van der Waals surface area contributed by atoms with Gasteiger partial charge in [-0.25, -0.2) is 0 Å². The van der Waals surface area contributed by atoms with Gasteiger partial charge in [-0.1, -0.05) is 0 Å². The van der Waals surface area contributed by atoms with E-state index in [4.69, 9.17) is 11.6 Å². The van der Waals surface area contributed by atoms with Gasteiger partial charge in [-0.3, -0.25) is 9.88 Å². The van der Waals surface area contributed by atoms with Crippen molar-refractivity contribution in [2.24, 2.45) is 0 Å². The van der Waals surface area contributed by atoms with Crippen molar-refractivity contribution in [1.82, 2.24) is 9.88 Å². The van der Waals surface area contributed by atoms with Crippen molar-refractivity contribution in [3.8, 4) is 0 Å². The van der Waals surface area contributed by atoms with Gasteiger partial charge in [0.1, 0.15) is 0 Å². The monoisotopic (exact) mass is 239 g/mol. The summed E-state index contributed by atoms with van der Waals surface area (Å²) in [6.45, 7) is 7.50. The quantitative estimate of drug-likeness (QED) is 0.750. The lowest BCUT2D eigenvalue weighted by atomic mass is 10.2. The topological polar surface area (TPSA) is 19.4 Å². The van der Waals surface area contributed by atoms with Gasteiger partial charge in [-0.2, -0.15) is 0 Å². The lowest BCUT2D eigenvalue weighted by Gasteiger charge is -2.36. The molecule has 1 aromatic rings. The molecule has 1 aliphatic rings. The largest absolute Gasteiger partial charge is 0.369 e. The van der Waals surface area contributed by atoms with Gasteiger partial charge in [-0.15, -0.1) is 11.6 Å². The van der Waals surface area contributed by atoms with Crippen LogP contribution in [-0.2, 0) is 0 Å². The third-order valence-corrected chi connectivity index (χ3v) is 3.27. The summed E-state index contributed by atoms with van der Waals surface area (Å²) < 4.78 is 0. The fourth-order valence-electron chi connectivity index (χ4n) is 2.15. The maximum Gasteiger partial charge on any atom is 0.0427 e. The van der Waals surface area contributed by atoms with E-state index in [0.29, 0.717) is 0 Å². The van der Waals surface area contributed by atoms with E-state index < -0.39 is 0 Å². The van der Waals surface area contributed by atoms with Crippen LogP contribution in [0.3, 0.4) is 0 Å². The first kappa shape index (κ1) is 11.7. The first-order valence-corrected chi connectivity index (χ1v) is 6.28. The summed E-state index contributed by atoms with van der Waals surface area (Å²) in [5.41, 5.74) is 2.58. The Kier molecular flexibility index (Phi) is 4.02. The van der Waals surface area contributed by atoms with E-state index in [1.165, 1.54) is 11.3 Å². The summed E-state index contributed by atoms with van der Waals surface area (Å²) in [6, 6.07) is 2.10. The second-order valence-corrected chi connectivity index (χ2v) is 4.56. The molecule has 0 N–H and O–H groups in total. The summed E-state index contributed by atoms with van der Waals surface area (Å²) >= 11 is 5.75. The predicted molar refractivity (Wildman–Crippen MR) is 68.3 cm³/mol. The molecule has 0 radical (unpaired) electrons. The molecule has 88 valence electrons. The summed E-state index contributed by atoms with van der Waals surface area (Å²) in [7, 11) is 0. The molecular formula is C12H18ClN3. The summed E-state index contributed by atoms with van der Waals surface area (Å²) in [5.74, 6) is 0.730. The normalized spacial score (nSPS) is 17.8. The van der Waals surface area contributed by atoms with Crippen LogP contribution in [0.1, 0.15) is 5.56 Å². The minimum atomic E-state index is 0.730. The van der Waals surface area contributed by atoms with Crippen molar-refractivity contribution in [2.75, 3.05) is 43.5 Å². The fraction of sp³-hybridized carbons (Fsp3) is 0.583. The molecule has 2 heterocycles. The number of rotatable bonds is 3. The number of aromatic nitrogens is 1. The number of anilines is 1. The van der Waals surface area contributed by atoms with Gasteiger partial charge >= 0.3 is 0 Å². The molecule has 0 atom stereocenters. The molecule has 0 saturated carbocycles. The van der Waals surface area contributed by atoms with Crippen LogP contribution in [0.25, 0.3) is 0 Å². The lowest BCUT2D eigenvalue weighted by Crippen LogP contribution is -2.47. The van der Waals surface area contributed by atoms with Crippen molar-refractivity contribution in [2.45, 2.75) is 6.92 Å². The molecule has 1 fully saturated rings. The summed E-state index contributed by atoms with van der Waals surface area (Å²) in [6.07, 6.45) is 3.80. The number of nitrogens with zero attached hydrogens (tertiary/aromatic N) is 3. The van der Waals surface area contributed by atoms with Crippen LogP contribution in [0.15, 0.2) is 18.5 Å². The van der Waals surface area contributed by atoms with Crippen LogP contribution in [0, 0.1) is 6.92 Å². The number of piperazine rings is 1. The van der Waals surface area contributed by atoms with E-state index in [9.17, 15) is 0 Å². The Balaban J connectivity index is 1.96. The highest BCUT2D eigenvalue weighted by Crippen LogP contribution is 2.19. The molecule has 2 rings (SSSR count). The van der Waals surface area contributed by atoms with Gasteiger partial charge in [0.2, 0.25) is 0 Å². The van der Waals surface area contributed by atoms with E-state index in [1.807, 2.05) is 12.4 Å². The average Bonchev–Trinajstić information content (AvgIpc) is 2.31. The van der Waals surface area contributed by atoms with Crippen molar-refractivity contribution < 1.29 is 0 Å². The second kappa shape index (κ2) is 5.51. The second-order valence-electron chi connectivity index (χ2n) is 4.18. The highest BCUT2D eigenvalue weighted by molar-refractivity contribution is 6.18. The Morgan fingerprint density at radius 3 is 2.69 bits per heavy atom. The Bertz CT molecular complexity index is 335. The zero-order valence-electron chi connectivity index (χ0n) is 9.69. The first-order chi connectivity index (χ1) is 7.81. The summed E-state index contributed by atoms with van der Waals surface area (Å²) in [4.78, 5) is 8.98. The van der Waals surface area contributed by atoms with Crippen LogP contribution in [0.2, 0.25) is 0 Å². The van der Waals surface area contributed by atoms with Crippen molar-refractivity contribution >= 4 is 17.3 Å². The number of alkyl halides is 1. The van der Waals surface area contributed by atoms with Crippen LogP contribution < -0.4 is 4.90 Å². The van der Waals surface area contributed by atoms with Crippen LogP contribution in [0.4, 0.5) is 5.69 Å². The highest BCUT2D eigenvalue weighted by Gasteiger charge is 2.17. The van der Waals surface area contributed by atoms with E-state index in [0.717, 1.165) is 38.6 Å². The molecule has 0 bridgehead atoms. The maximum atomic E-state index is 5.75. The van der Waals surface area contributed by atoms with Crippen LogP contribution in [-0.4, -0.2) is 48.5 Å². The SMILES string of the molecule is Cc1cnccc1N1CCN(CCCl)CC1. The lowest BCUT2D eigenvalue weighted by molar-refractivity contribution is 0.272. The van der Waals surface area contributed by atoms with Crippen molar-refractivity contribution in [1.29, 1.82) is 0 Å². The van der Waals surface area contributed by atoms with E-state index in [-0.39, 0.29) is 0 Å². The molecule has 4 heteroatoms. The Morgan fingerprint density at radius 1 is 1.31 bits per heavy atom. The van der Waals surface area contributed by atoms with Crippen LogP contribution in [0.5, 0.6) is 0 Å². The minimum absolute atomic E-state index is 0.730. The van der Waals surface area contributed by atoms with Crippen molar-refractivity contribution in [3.63, 3.8) is 0 Å². The molecule has 3 nitrogen and oxygen atoms in total. The van der Waals surface area contributed by atoms with E-state index >= 15 is 0 Å². The predicted octanol–water partition coefficient (Wildman–Crippen LogP) is 1.75. The van der Waals surface area contributed by atoms with Gasteiger partial charge in [0, 0.05) is 56.7 Å². The number of pyridine rings is 1. The van der Waals surface area contributed by atoms with Gasteiger partial charge in [0.05, 0.1) is 0 Å². The zero-order chi connectivity index (χ0) is 11.4. The molecule has 1 aromatic heterocycles. The maximum absolute atomic E-state index is 5.75. The fourth-order valence-corrected chi connectivity index (χ4v) is 2.39. The van der Waals surface area contributed by atoms with Crippen molar-refractivity contribution in [3.05, 3.63) is 24.0 Å². The van der Waals surface area contributed by atoms with Gasteiger partial charge < -0.3 is 4.90 Å². The highest BCUT2D eigenvalue weighted by atomic mass is 35.5. The Labute approximate surface area is 102 Å². The molecular weight excluding hydrogens is 222 g/mol. The number of aryl methyl sites for hydroxylation is 1. The van der Waals surface area contributed by atoms with Gasteiger partial charge in [0.15, 0.2) is 0 Å². The molecule has 0 aliphatic carbocycles. The smallest absolute Gasteiger partial charge is 0.0427 e. The molecule has 0 amide bonds. The third-order valence-electron chi connectivity index (χ3n) is 3.10. The first-order valence-electron chi connectivity index (χ1n) is 5.75. The minimum Gasteiger partial charge on any atom is -0.369 e. The van der Waals surface area contributed by atoms with E-state index in [2.05, 4.69) is 27.8 Å². The number of hydrogen-bond donors (Lipinski definition) is 0. The number of halogens is 1. The Hall–Kier alpha value is -0.800. The van der Waals surface area contributed by atoms with Gasteiger partial charge in [-0.05, 0) is 18.6 Å². The molecule has 0 spiro atoms. The van der Waals surface area contributed by atoms with Gasteiger partial charge in [0.25, 0.3) is 0 Å². The Morgan fingerprint density at radius 2 is 2.06 bits per heavy atom. The molecule has 1 aliphatic heterocycles. The third kappa shape index (κ3) is 2.66. The average molecular weight is 240 g/mol.